The normalized spacial score (nSPS) is 18.7. The van der Waals surface area contributed by atoms with Crippen LogP contribution in [-0.2, 0) is 20.7 Å². The number of benzene rings is 1. The van der Waals surface area contributed by atoms with Crippen LogP contribution in [0, 0.1) is 5.82 Å². The summed E-state index contributed by atoms with van der Waals surface area (Å²) in [6.07, 6.45) is -2.03. The molecule has 0 unspecified atom stereocenters. The van der Waals surface area contributed by atoms with E-state index in [0.717, 1.165) is 11.0 Å². The van der Waals surface area contributed by atoms with Crippen molar-refractivity contribution in [2.45, 2.75) is 38.9 Å². The van der Waals surface area contributed by atoms with E-state index in [4.69, 9.17) is 9.47 Å². The van der Waals surface area contributed by atoms with Gasteiger partial charge in [0.1, 0.15) is 24.2 Å². The summed E-state index contributed by atoms with van der Waals surface area (Å²) in [7, 11) is 0. The van der Waals surface area contributed by atoms with Crippen LogP contribution < -0.4 is 15.1 Å². The van der Waals surface area contributed by atoms with Gasteiger partial charge < -0.3 is 19.7 Å². The molecule has 2 aliphatic rings. The number of anilines is 2. The molecule has 1 aromatic carbocycles. The summed E-state index contributed by atoms with van der Waals surface area (Å²) >= 11 is 0. The number of cyclic esters (lactones) is 1. The van der Waals surface area contributed by atoms with Gasteiger partial charge in [0.15, 0.2) is 0 Å². The van der Waals surface area contributed by atoms with Gasteiger partial charge in [0.25, 0.3) is 0 Å². The number of nitrogens with one attached hydrogen (secondary N) is 1. The highest BCUT2D eigenvalue weighted by atomic mass is 19.1. The SMILES string of the molecule is CC(C)(C)OC(=O)NC[C@H]1CN(c2cc(F)c3c(c2)CC(=O)N3CCF)C(=O)O1. The largest absolute Gasteiger partial charge is 0.444 e. The molecule has 1 saturated heterocycles. The lowest BCUT2D eigenvalue weighted by Crippen LogP contribution is -2.38. The topological polar surface area (TPSA) is 88.2 Å². The first-order valence-electron chi connectivity index (χ1n) is 9.23. The molecule has 10 heteroatoms. The van der Waals surface area contributed by atoms with Gasteiger partial charge >= 0.3 is 12.2 Å². The molecule has 1 atom stereocenters. The Bertz CT molecular complexity index is 840. The second-order valence-electron chi connectivity index (χ2n) is 7.85. The maximum absolute atomic E-state index is 14.6. The van der Waals surface area contributed by atoms with Crippen LogP contribution in [-0.4, -0.2) is 56.1 Å². The minimum Gasteiger partial charge on any atom is -0.444 e. The van der Waals surface area contributed by atoms with Crippen LogP contribution in [0.3, 0.4) is 0 Å². The van der Waals surface area contributed by atoms with Crippen LogP contribution in [0.1, 0.15) is 26.3 Å². The highest BCUT2D eigenvalue weighted by Gasteiger charge is 2.36. The van der Waals surface area contributed by atoms with E-state index in [1.165, 1.54) is 11.0 Å². The molecule has 29 heavy (non-hydrogen) atoms. The number of amides is 3. The predicted octanol–water partition coefficient (Wildman–Crippen LogP) is 2.53. The van der Waals surface area contributed by atoms with Crippen molar-refractivity contribution in [2.24, 2.45) is 0 Å². The molecule has 0 aromatic heterocycles. The highest BCUT2D eigenvalue weighted by Crippen LogP contribution is 2.36. The molecule has 3 rings (SSSR count). The van der Waals surface area contributed by atoms with Gasteiger partial charge in [-0.15, -0.1) is 0 Å². The molecule has 2 heterocycles. The van der Waals surface area contributed by atoms with E-state index in [2.05, 4.69) is 5.32 Å². The van der Waals surface area contributed by atoms with Crippen LogP contribution in [0.2, 0.25) is 0 Å². The first-order chi connectivity index (χ1) is 13.6. The summed E-state index contributed by atoms with van der Waals surface area (Å²) in [5.74, 6) is -1.10. The van der Waals surface area contributed by atoms with E-state index >= 15 is 0 Å². The van der Waals surface area contributed by atoms with E-state index in [1.807, 2.05) is 0 Å². The molecule has 1 aromatic rings. The van der Waals surface area contributed by atoms with E-state index in [9.17, 15) is 23.2 Å². The Balaban J connectivity index is 1.68. The fraction of sp³-hybridized carbons (Fsp3) is 0.526. The van der Waals surface area contributed by atoms with Crippen LogP contribution >= 0.6 is 0 Å². The van der Waals surface area contributed by atoms with Crippen molar-refractivity contribution in [3.63, 3.8) is 0 Å². The molecule has 1 fully saturated rings. The number of hydrogen-bond acceptors (Lipinski definition) is 5. The lowest BCUT2D eigenvalue weighted by Gasteiger charge is -2.20. The van der Waals surface area contributed by atoms with Gasteiger partial charge in [-0.1, -0.05) is 0 Å². The molecule has 2 aliphatic heterocycles. The third-order valence-electron chi connectivity index (χ3n) is 4.41. The van der Waals surface area contributed by atoms with Crippen molar-refractivity contribution in [1.82, 2.24) is 5.32 Å². The van der Waals surface area contributed by atoms with E-state index in [-0.39, 0.29) is 37.4 Å². The first kappa shape index (κ1) is 20.8. The fourth-order valence-electron chi connectivity index (χ4n) is 3.29. The van der Waals surface area contributed by atoms with Gasteiger partial charge in [0, 0.05) is 0 Å². The van der Waals surface area contributed by atoms with Crippen molar-refractivity contribution >= 4 is 29.5 Å². The third kappa shape index (κ3) is 4.57. The van der Waals surface area contributed by atoms with Gasteiger partial charge in [0.05, 0.1) is 37.4 Å². The molecule has 3 amide bonds. The molecule has 0 spiro atoms. The summed E-state index contributed by atoms with van der Waals surface area (Å²) in [6, 6.07) is 2.65. The average Bonchev–Trinajstić information content (AvgIpc) is 3.12. The van der Waals surface area contributed by atoms with Crippen molar-refractivity contribution in [2.75, 3.05) is 36.1 Å². The number of halogens is 2. The molecule has 0 radical (unpaired) electrons. The molecular weight excluding hydrogens is 388 g/mol. The first-order valence-corrected chi connectivity index (χ1v) is 9.23. The van der Waals surface area contributed by atoms with Gasteiger partial charge in [-0.05, 0) is 38.5 Å². The number of fused-ring (bicyclic) bond motifs is 1. The quantitative estimate of drug-likeness (QED) is 0.805. The standard InChI is InChI=1S/C19H23F2N3O5/c1-19(2,3)29-17(26)22-9-13-10-24(18(27)28-13)12-6-11-7-15(25)23(5-4-20)16(11)14(21)8-12/h6,8,13H,4-5,7,9-10H2,1-3H3,(H,22,26)/t13-/m0/s1. The van der Waals surface area contributed by atoms with E-state index in [1.54, 1.807) is 20.8 Å². The zero-order valence-corrected chi connectivity index (χ0v) is 16.5. The van der Waals surface area contributed by atoms with E-state index < -0.39 is 42.3 Å². The lowest BCUT2D eigenvalue weighted by atomic mass is 10.1. The number of nitrogens with zero attached hydrogens (tertiary/aromatic N) is 2. The van der Waals surface area contributed by atoms with Gasteiger partial charge in [-0.25, -0.2) is 18.4 Å². The smallest absolute Gasteiger partial charge is 0.414 e. The molecule has 1 N–H and O–H groups in total. The number of carbonyl (C=O) groups is 3. The maximum Gasteiger partial charge on any atom is 0.414 e. The second-order valence-corrected chi connectivity index (χ2v) is 7.85. The number of carbonyl (C=O) groups excluding carboxylic acids is 3. The molecular formula is C19H23F2N3O5. The van der Waals surface area contributed by atoms with Crippen molar-refractivity contribution < 1.29 is 32.6 Å². The molecule has 0 bridgehead atoms. The monoisotopic (exact) mass is 411 g/mol. The van der Waals surface area contributed by atoms with Crippen molar-refractivity contribution in [3.8, 4) is 0 Å². The summed E-state index contributed by atoms with van der Waals surface area (Å²) in [5.41, 5.74) is 0.0207. The van der Waals surface area contributed by atoms with Crippen LogP contribution in [0.4, 0.5) is 29.7 Å². The molecule has 8 nitrogen and oxygen atoms in total. The Morgan fingerprint density at radius 2 is 2.07 bits per heavy atom. The number of alkyl carbamates (subject to hydrolysis) is 1. The van der Waals surface area contributed by atoms with Crippen molar-refractivity contribution in [3.05, 3.63) is 23.5 Å². The van der Waals surface area contributed by atoms with E-state index in [0.29, 0.717) is 5.56 Å². The second kappa shape index (κ2) is 7.84. The Labute approximate surface area is 166 Å². The summed E-state index contributed by atoms with van der Waals surface area (Å²) in [5, 5.41) is 2.53. The minimum absolute atomic E-state index is 0.0351. The molecule has 158 valence electrons. The number of hydrogen-bond donors (Lipinski definition) is 1. The van der Waals surface area contributed by atoms with Crippen molar-refractivity contribution in [1.29, 1.82) is 0 Å². The van der Waals surface area contributed by atoms with Crippen LogP contribution in [0.5, 0.6) is 0 Å². The summed E-state index contributed by atoms with van der Waals surface area (Å²) < 4.78 is 37.6. The Kier molecular flexibility index (Phi) is 5.63. The van der Waals surface area contributed by atoms with Gasteiger partial charge in [-0.2, -0.15) is 0 Å². The van der Waals surface area contributed by atoms with Crippen LogP contribution in [0.25, 0.3) is 0 Å². The Hall–Kier alpha value is -2.91. The van der Waals surface area contributed by atoms with Crippen LogP contribution in [0.15, 0.2) is 12.1 Å². The summed E-state index contributed by atoms with van der Waals surface area (Å²) in [6.45, 7) is 4.31. The van der Waals surface area contributed by atoms with Gasteiger partial charge in [-0.3, -0.25) is 9.69 Å². The average molecular weight is 411 g/mol. The zero-order chi connectivity index (χ0) is 21.3. The number of alkyl halides is 1. The van der Waals surface area contributed by atoms with Gasteiger partial charge in [0.2, 0.25) is 5.91 Å². The minimum atomic E-state index is -0.781. The number of ether oxygens (including phenoxy) is 2. The maximum atomic E-state index is 14.6. The lowest BCUT2D eigenvalue weighted by molar-refractivity contribution is -0.117. The summed E-state index contributed by atoms with van der Waals surface area (Å²) in [4.78, 5) is 38.3. The molecule has 0 saturated carbocycles. The third-order valence-corrected chi connectivity index (χ3v) is 4.41. The molecule has 0 aliphatic carbocycles. The highest BCUT2D eigenvalue weighted by molar-refractivity contribution is 6.02. The number of rotatable bonds is 5. The zero-order valence-electron chi connectivity index (χ0n) is 16.5. The fourth-order valence-corrected chi connectivity index (χ4v) is 3.29. The Morgan fingerprint density at radius 3 is 2.72 bits per heavy atom. The predicted molar refractivity (Wildman–Crippen MR) is 100 cm³/mol. The Morgan fingerprint density at radius 1 is 1.34 bits per heavy atom.